The van der Waals surface area contributed by atoms with Gasteiger partial charge in [-0.05, 0) is 41.5 Å². The highest BCUT2D eigenvalue weighted by Gasteiger charge is 2.34. The van der Waals surface area contributed by atoms with Gasteiger partial charge in [0.2, 0.25) is 0 Å². The van der Waals surface area contributed by atoms with Gasteiger partial charge >= 0.3 is 12.1 Å². The highest BCUT2D eigenvalue weighted by Crippen LogP contribution is 2.19. The van der Waals surface area contributed by atoms with Crippen molar-refractivity contribution in [2.24, 2.45) is 0 Å². The Kier molecular flexibility index (Phi) is 5.02. The fraction of sp³-hybridized carbons (Fsp3) is 0.857. The zero-order valence-corrected chi connectivity index (χ0v) is 13.1. The second-order valence-electron chi connectivity index (χ2n) is 6.92. The van der Waals surface area contributed by atoms with Gasteiger partial charge in [0, 0.05) is 6.42 Å². The number of alkyl carbamates (subject to hydrolysis) is 1. The Morgan fingerprint density at radius 1 is 1.15 bits per heavy atom. The number of nitrogens with one attached hydrogen (secondary N) is 1. The van der Waals surface area contributed by atoms with Crippen molar-refractivity contribution in [1.29, 1.82) is 0 Å². The standard InChI is InChI=1S/C14H25NO5/c1-13(2,3)19-11(16)10(7-9-8-18-9)15-12(17)20-14(4,5)6/h9-10H,7-8H2,1-6H3,(H,15,17)/t9-,10?/m0/s1. The van der Waals surface area contributed by atoms with Crippen LogP contribution in [0.4, 0.5) is 4.79 Å². The minimum atomic E-state index is -0.753. The zero-order chi connectivity index (χ0) is 15.6. The topological polar surface area (TPSA) is 77.2 Å². The van der Waals surface area contributed by atoms with Crippen LogP contribution < -0.4 is 5.32 Å². The van der Waals surface area contributed by atoms with Crippen molar-refractivity contribution in [3.63, 3.8) is 0 Å². The molecule has 1 saturated heterocycles. The predicted octanol–water partition coefficient (Wildman–Crippen LogP) is 2.01. The molecular formula is C14H25NO5. The number of amides is 1. The number of esters is 1. The summed E-state index contributed by atoms with van der Waals surface area (Å²) < 4.78 is 15.5. The summed E-state index contributed by atoms with van der Waals surface area (Å²) >= 11 is 0. The van der Waals surface area contributed by atoms with Gasteiger partial charge < -0.3 is 19.5 Å². The molecule has 6 nitrogen and oxygen atoms in total. The van der Waals surface area contributed by atoms with E-state index < -0.39 is 29.3 Å². The zero-order valence-electron chi connectivity index (χ0n) is 13.1. The molecule has 0 spiro atoms. The van der Waals surface area contributed by atoms with Gasteiger partial charge in [0.15, 0.2) is 0 Å². The molecule has 1 aliphatic heterocycles. The lowest BCUT2D eigenvalue weighted by atomic mass is 10.1. The molecule has 0 saturated carbocycles. The van der Waals surface area contributed by atoms with Crippen LogP contribution in [0.3, 0.4) is 0 Å². The van der Waals surface area contributed by atoms with Gasteiger partial charge in [0.1, 0.15) is 17.2 Å². The summed E-state index contributed by atoms with van der Waals surface area (Å²) in [5.41, 5.74) is -1.21. The predicted molar refractivity (Wildman–Crippen MR) is 73.4 cm³/mol. The molecule has 20 heavy (non-hydrogen) atoms. The van der Waals surface area contributed by atoms with E-state index in [0.29, 0.717) is 13.0 Å². The number of hydrogen-bond acceptors (Lipinski definition) is 5. The molecule has 1 aliphatic rings. The van der Waals surface area contributed by atoms with Crippen LogP contribution in [0, 0.1) is 0 Å². The Labute approximate surface area is 120 Å². The van der Waals surface area contributed by atoms with E-state index in [9.17, 15) is 9.59 Å². The molecule has 0 aromatic heterocycles. The van der Waals surface area contributed by atoms with E-state index in [0.717, 1.165) is 0 Å². The Balaban J connectivity index is 2.59. The summed E-state index contributed by atoms with van der Waals surface area (Å²) in [6.45, 7) is 11.2. The summed E-state index contributed by atoms with van der Waals surface area (Å²) in [6, 6.07) is -0.753. The van der Waals surface area contributed by atoms with Crippen LogP contribution in [0.2, 0.25) is 0 Å². The Hall–Kier alpha value is -1.30. The minimum Gasteiger partial charge on any atom is -0.458 e. The maximum Gasteiger partial charge on any atom is 0.408 e. The van der Waals surface area contributed by atoms with Crippen molar-refractivity contribution in [2.75, 3.05) is 6.61 Å². The fourth-order valence-corrected chi connectivity index (χ4v) is 1.50. The van der Waals surface area contributed by atoms with Crippen LogP contribution in [0.25, 0.3) is 0 Å². The number of carbonyl (C=O) groups is 2. The number of ether oxygens (including phenoxy) is 3. The van der Waals surface area contributed by atoms with Crippen molar-refractivity contribution in [2.45, 2.75) is 71.3 Å². The lowest BCUT2D eigenvalue weighted by Gasteiger charge is -2.26. The number of epoxide rings is 1. The second-order valence-corrected chi connectivity index (χ2v) is 6.92. The molecule has 0 aromatic rings. The largest absolute Gasteiger partial charge is 0.458 e. The molecule has 6 heteroatoms. The molecule has 1 unspecified atom stereocenters. The average molecular weight is 287 g/mol. The number of carbonyl (C=O) groups excluding carboxylic acids is 2. The summed E-state index contributed by atoms with van der Waals surface area (Å²) in [5, 5.41) is 2.55. The van der Waals surface area contributed by atoms with Gasteiger partial charge in [-0.15, -0.1) is 0 Å². The number of hydrogen-bond donors (Lipinski definition) is 1. The van der Waals surface area contributed by atoms with E-state index in [-0.39, 0.29) is 6.10 Å². The summed E-state index contributed by atoms with van der Waals surface area (Å²) in [6.07, 6.45) is -0.231. The minimum absolute atomic E-state index is 0.00227. The van der Waals surface area contributed by atoms with Gasteiger partial charge in [-0.1, -0.05) is 0 Å². The van der Waals surface area contributed by atoms with Gasteiger partial charge in [0.25, 0.3) is 0 Å². The summed E-state index contributed by atoms with van der Waals surface area (Å²) in [5.74, 6) is -0.473. The summed E-state index contributed by atoms with van der Waals surface area (Å²) in [4.78, 5) is 23.8. The van der Waals surface area contributed by atoms with Crippen LogP contribution in [-0.4, -0.2) is 42.0 Å². The van der Waals surface area contributed by atoms with Crippen LogP contribution in [-0.2, 0) is 19.0 Å². The third-order valence-corrected chi connectivity index (χ3v) is 2.28. The highest BCUT2D eigenvalue weighted by molar-refractivity contribution is 5.81. The SMILES string of the molecule is CC(C)(C)OC(=O)NC(C[C@H]1CO1)C(=O)OC(C)(C)C. The van der Waals surface area contributed by atoms with Crippen LogP contribution in [0.15, 0.2) is 0 Å². The molecule has 0 bridgehead atoms. The van der Waals surface area contributed by atoms with Crippen molar-refractivity contribution in [3.8, 4) is 0 Å². The van der Waals surface area contributed by atoms with E-state index in [1.165, 1.54) is 0 Å². The normalized spacial score (nSPS) is 20.0. The number of rotatable bonds is 4. The van der Waals surface area contributed by atoms with Crippen molar-refractivity contribution in [1.82, 2.24) is 5.32 Å². The molecule has 1 fully saturated rings. The first kappa shape index (κ1) is 16.8. The molecule has 1 amide bonds. The molecule has 0 aromatic carbocycles. The molecule has 116 valence electrons. The first-order chi connectivity index (χ1) is 8.96. The molecule has 1 N–H and O–H groups in total. The van der Waals surface area contributed by atoms with Gasteiger partial charge in [-0.25, -0.2) is 9.59 Å². The monoisotopic (exact) mass is 287 g/mol. The molecule has 0 aliphatic carbocycles. The molecule has 2 atom stereocenters. The first-order valence-electron chi connectivity index (χ1n) is 6.80. The lowest BCUT2D eigenvalue weighted by molar-refractivity contribution is -0.157. The highest BCUT2D eigenvalue weighted by atomic mass is 16.6. The van der Waals surface area contributed by atoms with Gasteiger partial charge in [0.05, 0.1) is 12.7 Å². The van der Waals surface area contributed by atoms with Gasteiger partial charge in [-0.3, -0.25) is 0 Å². The van der Waals surface area contributed by atoms with Crippen LogP contribution >= 0.6 is 0 Å². The van der Waals surface area contributed by atoms with E-state index >= 15 is 0 Å². The molecular weight excluding hydrogens is 262 g/mol. The van der Waals surface area contributed by atoms with Crippen LogP contribution in [0.5, 0.6) is 0 Å². The lowest BCUT2D eigenvalue weighted by Crippen LogP contribution is -2.46. The summed E-state index contributed by atoms with van der Waals surface area (Å²) in [7, 11) is 0. The molecule has 0 radical (unpaired) electrons. The maximum absolute atomic E-state index is 12.1. The first-order valence-corrected chi connectivity index (χ1v) is 6.80. The third kappa shape index (κ3) is 7.33. The van der Waals surface area contributed by atoms with Crippen LogP contribution in [0.1, 0.15) is 48.0 Å². The van der Waals surface area contributed by atoms with Gasteiger partial charge in [-0.2, -0.15) is 0 Å². The van der Waals surface area contributed by atoms with E-state index in [1.54, 1.807) is 41.5 Å². The van der Waals surface area contributed by atoms with Crippen molar-refractivity contribution < 1.29 is 23.8 Å². The van der Waals surface area contributed by atoms with E-state index in [2.05, 4.69) is 5.32 Å². The molecule has 1 rings (SSSR count). The van der Waals surface area contributed by atoms with Crippen molar-refractivity contribution >= 4 is 12.1 Å². The fourth-order valence-electron chi connectivity index (χ4n) is 1.50. The van der Waals surface area contributed by atoms with E-state index in [1.807, 2.05) is 0 Å². The Bertz CT molecular complexity index is 363. The maximum atomic E-state index is 12.1. The smallest absolute Gasteiger partial charge is 0.408 e. The third-order valence-electron chi connectivity index (χ3n) is 2.28. The van der Waals surface area contributed by atoms with Crippen molar-refractivity contribution in [3.05, 3.63) is 0 Å². The Morgan fingerprint density at radius 2 is 1.65 bits per heavy atom. The van der Waals surface area contributed by atoms with E-state index in [4.69, 9.17) is 14.2 Å². The average Bonchev–Trinajstić information content (AvgIpc) is 2.94. The quantitative estimate of drug-likeness (QED) is 0.632. The Morgan fingerprint density at radius 3 is 2.05 bits per heavy atom. The molecule has 1 heterocycles. The second kappa shape index (κ2) is 5.99.